The number of rotatable bonds is 8. The molecule has 1 aliphatic rings. The molecule has 2 heteroatoms. The normalized spacial score (nSPS) is 20.6. The van der Waals surface area contributed by atoms with Crippen molar-refractivity contribution in [2.24, 2.45) is 5.92 Å². The molecule has 1 unspecified atom stereocenters. The van der Waals surface area contributed by atoms with Crippen molar-refractivity contribution in [3.05, 3.63) is 0 Å². The summed E-state index contributed by atoms with van der Waals surface area (Å²) in [5.41, 5.74) is 0. The summed E-state index contributed by atoms with van der Waals surface area (Å²) < 4.78 is 0. The van der Waals surface area contributed by atoms with Gasteiger partial charge in [-0.15, -0.1) is 0 Å². The molecule has 1 saturated heterocycles. The molecule has 0 aromatic carbocycles. The Morgan fingerprint density at radius 2 is 1.88 bits per heavy atom. The van der Waals surface area contributed by atoms with E-state index in [0.717, 1.165) is 18.5 Å². The van der Waals surface area contributed by atoms with Gasteiger partial charge in [0.25, 0.3) is 0 Å². The molecule has 0 spiro atoms. The van der Waals surface area contributed by atoms with E-state index in [1.807, 2.05) is 0 Å². The third-order valence-corrected chi connectivity index (χ3v) is 4.18. The fourth-order valence-electron chi connectivity index (χ4n) is 2.82. The van der Waals surface area contributed by atoms with Crippen LogP contribution >= 0.6 is 0 Å². The first-order valence-electron chi connectivity index (χ1n) is 7.72. The van der Waals surface area contributed by atoms with Crippen molar-refractivity contribution in [2.75, 3.05) is 26.2 Å². The molecular weight excluding hydrogens is 208 g/mol. The average Bonchev–Trinajstić information content (AvgIpc) is 2.37. The Bertz CT molecular complexity index is 174. The lowest BCUT2D eigenvalue weighted by molar-refractivity contribution is 0.133. The van der Waals surface area contributed by atoms with Gasteiger partial charge >= 0.3 is 0 Å². The first-order chi connectivity index (χ1) is 8.27. The van der Waals surface area contributed by atoms with Crippen LogP contribution in [0.3, 0.4) is 0 Å². The lowest BCUT2D eigenvalue weighted by atomic mass is 9.95. The lowest BCUT2D eigenvalue weighted by Crippen LogP contribution is -2.41. The van der Waals surface area contributed by atoms with Crippen LogP contribution in [0.1, 0.15) is 59.3 Å². The maximum Gasteiger partial charge on any atom is 0.00669 e. The van der Waals surface area contributed by atoms with Crippen LogP contribution in [0.15, 0.2) is 0 Å². The monoisotopic (exact) mass is 240 g/mol. The fraction of sp³-hybridized carbons (Fsp3) is 1.00. The van der Waals surface area contributed by atoms with Gasteiger partial charge in [0.05, 0.1) is 0 Å². The van der Waals surface area contributed by atoms with Gasteiger partial charge in [-0.3, -0.25) is 0 Å². The van der Waals surface area contributed by atoms with E-state index in [0.29, 0.717) is 0 Å². The van der Waals surface area contributed by atoms with Crippen LogP contribution < -0.4 is 5.32 Å². The standard InChI is InChI=1S/C15H32N2/c1-4-6-7-8-14(3)17-11-9-15(10-12-17)13-16-5-2/h14-16H,4-13H2,1-3H3. The predicted octanol–water partition coefficient (Wildman–Crippen LogP) is 3.28. The molecule has 1 rings (SSSR count). The zero-order valence-corrected chi connectivity index (χ0v) is 12.2. The Kier molecular flexibility index (Phi) is 7.87. The van der Waals surface area contributed by atoms with E-state index in [2.05, 4.69) is 31.0 Å². The number of hydrogen-bond donors (Lipinski definition) is 1. The molecule has 1 heterocycles. The van der Waals surface area contributed by atoms with Gasteiger partial charge in [0.15, 0.2) is 0 Å². The topological polar surface area (TPSA) is 15.3 Å². The Labute approximate surface area is 108 Å². The van der Waals surface area contributed by atoms with Crippen molar-refractivity contribution in [1.29, 1.82) is 0 Å². The predicted molar refractivity (Wildman–Crippen MR) is 76.4 cm³/mol. The van der Waals surface area contributed by atoms with Crippen molar-refractivity contribution in [3.63, 3.8) is 0 Å². The van der Waals surface area contributed by atoms with Crippen LogP contribution in [-0.4, -0.2) is 37.1 Å². The maximum absolute atomic E-state index is 3.49. The van der Waals surface area contributed by atoms with Crippen LogP contribution in [-0.2, 0) is 0 Å². The summed E-state index contributed by atoms with van der Waals surface area (Å²) in [6, 6.07) is 0.807. The second-order valence-corrected chi connectivity index (χ2v) is 5.63. The van der Waals surface area contributed by atoms with E-state index in [-0.39, 0.29) is 0 Å². The Hall–Kier alpha value is -0.0800. The first-order valence-corrected chi connectivity index (χ1v) is 7.72. The summed E-state index contributed by atoms with van der Waals surface area (Å²) in [6.07, 6.45) is 8.34. The number of nitrogens with zero attached hydrogens (tertiary/aromatic N) is 1. The highest BCUT2D eigenvalue weighted by molar-refractivity contribution is 4.77. The Balaban J connectivity index is 2.12. The SMILES string of the molecule is CCCCCC(C)N1CCC(CNCC)CC1. The van der Waals surface area contributed by atoms with Crippen LogP contribution in [0.4, 0.5) is 0 Å². The quantitative estimate of drug-likeness (QED) is 0.655. The summed E-state index contributed by atoms with van der Waals surface area (Å²) in [5, 5.41) is 3.49. The van der Waals surface area contributed by atoms with E-state index in [1.54, 1.807) is 0 Å². The van der Waals surface area contributed by atoms with Gasteiger partial charge in [-0.05, 0) is 58.3 Å². The molecule has 102 valence electrons. The minimum absolute atomic E-state index is 0.807. The molecule has 0 bridgehead atoms. The number of likely N-dealkylation sites (tertiary alicyclic amines) is 1. The maximum atomic E-state index is 3.49. The van der Waals surface area contributed by atoms with Gasteiger partial charge in [-0.2, -0.15) is 0 Å². The molecule has 0 aromatic rings. The minimum atomic E-state index is 0.807. The highest BCUT2D eigenvalue weighted by atomic mass is 15.2. The van der Waals surface area contributed by atoms with Gasteiger partial charge in [-0.1, -0.05) is 33.1 Å². The van der Waals surface area contributed by atoms with Gasteiger partial charge in [0.1, 0.15) is 0 Å². The zero-order valence-electron chi connectivity index (χ0n) is 12.2. The average molecular weight is 240 g/mol. The molecule has 0 radical (unpaired) electrons. The molecule has 0 saturated carbocycles. The molecule has 1 N–H and O–H groups in total. The molecule has 1 atom stereocenters. The van der Waals surface area contributed by atoms with E-state index < -0.39 is 0 Å². The summed E-state index contributed by atoms with van der Waals surface area (Å²) in [5.74, 6) is 0.925. The van der Waals surface area contributed by atoms with Crippen molar-refractivity contribution in [3.8, 4) is 0 Å². The van der Waals surface area contributed by atoms with Crippen LogP contribution in [0.2, 0.25) is 0 Å². The number of hydrogen-bond acceptors (Lipinski definition) is 2. The van der Waals surface area contributed by atoms with Crippen molar-refractivity contribution >= 4 is 0 Å². The van der Waals surface area contributed by atoms with Crippen molar-refractivity contribution in [2.45, 2.75) is 65.3 Å². The van der Waals surface area contributed by atoms with Crippen LogP contribution in [0.25, 0.3) is 0 Å². The highest BCUT2D eigenvalue weighted by Gasteiger charge is 2.21. The first kappa shape index (κ1) is 15.0. The number of unbranched alkanes of at least 4 members (excludes halogenated alkanes) is 2. The van der Waals surface area contributed by atoms with E-state index in [1.165, 1.54) is 58.2 Å². The molecule has 1 fully saturated rings. The van der Waals surface area contributed by atoms with Gasteiger partial charge in [-0.25, -0.2) is 0 Å². The van der Waals surface area contributed by atoms with Gasteiger partial charge < -0.3 is 10.2 Å². The van der Waals surface area contributed by atoms with E-state index in [9.17, 15) is 0 Å². The highest BCUT2D eigenvalue weighted by Crippen LogP contribution is 2.20. The second-order valence-electron chi connectivity index (χ2n) is 5.63. The van der Waals surface area contributed by atoms with Gasteiger partial charge in [0.2, 0.25) is 0 Å². The van der Waals surface area contributed by atoms with Crippen LogP contribution in [0, 0.1) is 5.92 Å². The third kappa shape index (κ3) is 5.87. The van der Waals surface area contributed by atoms with E-state index >= 15 is 0 Å². The fourth-order valence-corrected chi connectivity index (χ4v) is 2.82. The largest absolute Gasteiger partial charge is 0.317 e. The summed E-state index contributed by atoms with van der Waals surface area (Å²) >= 11 is 0. The Morgan fingerprint density at radius 1 is 1.18 bits per heavy atom. The zero-order chi connectivity index (χ0) is 12.5. The number of piperidine rings is 1. The molecule has 0 aromatic heterocycles. The smallest absolute Gasteiger partial charge is 0.00669 e. The molecule has 2 nitrogen and oxygen atoms in total. The second kappa shape index (κ2) is 8.93. The molecular formula is C15H32N2. The van der Waals surface area contributed by atoms with Crippen molar-refractivity contribution in [1.82, 2.24) is 10.2 Å². The molecule has 1 aliphatic heterocycles. The lowest BCUT2D eigenvalue weighted by Gasteiger charge is -2.36. The van der Waals surface area contributed by atoms with Crippen molar-refractivity contribution < 1.29 is 0 Å². The Morgan fingerprint density at radius 3 is 2.47 bits per heavy atom. The van der Waals surface area contributed by atoms with Crippen LogP contribution in [0.5, 0.6) is 0 Å². The summed E-state index contributed by atoms with van der Waals surface area (Å²) in [6.45, 7) is 11.9. The number of nitrogens with one attached hydrogen (secondary N) is 1. The molecule has 0 aliphatic carbocycles. The molecule has 0 amide bonds. The summed E-state index contributed by atoms with van der Waals surface area (Å²) in [4.78, 5) is 2.71. The summed E-state index contributed by atoms with van der Waals surface area (Å²) in [7, 11) is 0. The van der Waals surface area contributed by atoms with Gasteiger partial charge in [0, 0.05) is 6.04 Å². The third-order valence-electron chi connectivity index (χ3n) is 4.18. The van der Waals surface area contributed by atoms with E-state index in [4.69, 9.17) is 0 Å². The minimum Gasteiger partial charge on any atom is -0.317 e. The molecule has 17 heavy (non-hydrogen) atoms.